The van der Waals surface area contributed by atoms with Gasteiger partial charge < -0.3 is 10.1 Å². The molecular formula is C19H20F4N2O4S. The molecule has 1 amide bonds. The molecule has 0 saturated carbocycles. The number of unbranched alkanes of at least 4 members (excludes halogenated alkanes) is 1. The van der Waals surface area contributed by atoms with Gasteiger partial charge >= 0.3 is 6.18 Å². The first-order valence-corrected chi connectivity index (χ1v) is 10.4. The molecule has 0 aromatic heterocycles. The first kappa shape index (κ1) is 23.6. The van der Waals surface area contributed by atoms with Gasteiger partial charge in [0.15, 0.2) is 6.61 Å². The highest BCUT2D eigenvalue weighted by atomic mass is 32.2. The summed E-state index contributed by atoms with van der Waals surface area (Å²) in [6.45, 7) is 1.71. The Balaban J connectivity index is 1.94. The first-order chi connectivity index (χ1) is 14.0. The summed E-state index contributed by atoms with van der Waals surface area (Å²) in [5.74, 6) is -2.03. The van der Waals surface area contributed by atoms with E-state index in [0.29, 0.717) is 25.1 Å². The zero-order valence-electron chi connectivity index (χ0n) is 15.9. The van der Waals surface area contributed by atoms with Crippen molar-refractivity contribution in [3.05, 3.63) is 53.8 Å². The molecule has 0 aliphatic heterocycles. The molecule has 0 heterocycles. The molecule has 0 aliphatic carbocycles. The van der Waals surface area contributed by atoms with E-state index >= 15 is 0 Å². The molecule has 6 nitrogen and oxygen atoms in total. The molecule has 11 heteroatoms. The van der Waals surface area contributed by atoms with Gasteiger partial charge in [-0.15, -0.1) is 0 Å². The molecule has 0 fully saturated rings. The molecule has 0 atom stereocenters. The molecule has 2 aromatic carbocycles. The van der Waals surface area contributed by atoms with E-state index in [0.717, 1.165) is 12.5 Å². The fourth-order valence-electron chi connectivity index (χ4n) is 2.35. The highest BCUT2D eigenvalue weighted by Gasteiger charge is 2.34. The number of carbonyl (C=O) groups is 1. The lowest BCUT2D eigenvalue weighted by molar-refractivity contribution is -0.140. The van der Waals surface area contributed by atoms with Crippen molar-refractivity contribution in [2.75, 3.05) is 18.5 Å². The van der Waals surface area contributed by atoms with Crippen LogP contribution in [0.5, 0.6) is 5.75 Å². The number of nitrogens with one attached hydrogen (secondary N) is 2. The largest absolute Gasteiger partial charge is 0.484 e. The van der Waals surface area contributed by atoms with Crippen LogP contribution < -0.4 is 14.8 Å². The third kappa shape index (κ3) is 6.70. The number of carbonyl (C=O) groups excluding carboxylic acids is 1. The minimum atomic E-state index is -4.89. The van der Waals surface area contributed by atoms with Crippen LogP contribution in [0.15, 0.2) is 47.4 Å². The SMILES string of the molecule is CCCCNS(=O)(=O)c1ccc(OCC(=O)Nc2ccc(F)c(C(F)(F)F)c2)cc1. The Hall–Kier alpha value is -2.66. The average Bonchev–Trinajstić information content (AvgIpc) is 2.67. The maximum atomic E-state index is 13.3. The quantitative estimate of drug-likeness (QED) is 0.450. The van der Waals surface area contributed by atoms with Gasteiger partial charge in [0.25, 0.3) is 5.91 Å². The van der Waals surface area contributed by atoms with Gasteiger partial charge in [-0.25, -0.2) is 17.5 Å². The molecule has 0 spiro atoms. The van der Waals surface area contributed by atoms with Crippen LogP contribution in [0.1, 0.15) is 25.3 Å². The molecule has 30 heavy (non-hydrogen) atoms. The summed E-state index contributed by atoms with van der Waals surface area (Å²) in [4.78, 5) is 11.9. The van der Waals surface area contributed by atoms with E-state index in [4.69, 9.17) is 4.74 Å². The molecule has 0 bridgehead atoms. The van der Waals surface area contributed by atoms with Crippen LogP contribution in [-0.4, -0.2) is 27.5 Å². The first-order valence-electron chi connectivity index (χ1n) is 8.92. The summed E-state index contributed by atoms with van der Waals surface area (Å²) in [5.41, 5.74) is -1.73. The maximum Gasteiger partial charge on any atom is 0.419 e. The average molecular weight is 448 g/mol. The number of amides is 1. The summed E-state index contributed by atoms with van der Waals surface area (Å²) in [6.07, 6.45) is -3.35. The van der Waals surface area contributed by atoms with Crippen LogP contribution in [0.2, 0.25) is 0 Å². The number of anilines is 1. The fourth-order valence-corrected chi connectivity index (χ4v) is 3.42. The van der Waals surface area contributed by atoms with Crippen LogP contribution in [0.3, 0.4) is 0 Å². The molecule has 2 aromatic rings. The smallest absolute Gasteiger partial charge is 0.419 e. The Morgan fingerprint density at radius 3 is 2.37 bits per heavy atom. The van der Waals surface area contributed by atoms with Gasteiger partial charge in [0.2, 0.25) is 10.0 Å². The van der Waals surface area contributed by atoms with Crippen molar-refractivity contribution in [2.45, 2.75) is 30.8 Å². The maximum absolute atomic E-state index is 13.3. The molecule has 164 valence electrons. The number of alkyl halides is 3. The lowest BCUT2D eigenvalue weighted by Crippen LogP contribution is -2.24. The number of rotatable bonds is 9. The molecule has 2 N–H and O–H groups in total. The van der Waals surface area contributed by atoms with E-state index in [-0.39, 0.29) is 16.3 Å². The van der Waals surface area contributed by atoms with Crippen LogP contribution in [0, 0.1) is 5.82 Å². The van der Waals surface area contributed by atoms with E-state index in [1.807, 2.05) is 6.92 Å². The zero-order chi connectivity index (χ0) is 22.4. The number of hydrogen-bond acceptors (Lipinski definition) is 4. The summed E-state index contributed by atoms with van der Waals surface area (Å²) in [6, 6.07) is 7.38. The third-order valence-corrected chi connectivity index (χ3v) is 5.36. The van der Waals surface area contributed by atoms with Crippen molar-refractivity contribution in [3.8, 4) is 5.75 Å². The van der Waals surface area contributed by atoms with Gasteiger partial charge in [0.1, 0.15) is 11.6 Å². The number of hydrogen-bond donors (Lipinski definition) is 2. The second kappa shape index (κ2) is 9.90. The second-order valence-corrected chi connectivity index (χ2v) is 8.02. The van der Waals surface area contributed by atoms with Crippen molar-refractivity contribution in [2.24, 2.45) is 0 Å². The van der Waals surface area contributed by atoms with Crippen molar-refractivity contribution < 1.29 is 35.5 Å². The third-order valence-electron chi connectivity index (χ3n) is 3.88. The number of benzene rings is 2. The summed E-state index contributed by atoms with van der Waals surface area (Å²) >= 11 is 0. The van der Waals surface area contributed by atoms with Crippen LogP contribution >= 0.6 is 0 Å². The predicted octanol–water partition coefficient (Wildman–Crippen LogP) is 3.94. The van der Waals surface area contributed by atoms with Crippen molar-refractivity contribution in [3.63, 3.8) is 0 Å². The summed E-state index contributed by atoms with van der Waals surface area (Å²) in [7, 11) is -3.65. The van der Waals surface area contributed by atoms with Crippen molar-refractivity contribution >= 4 is 21.6 Å². The Kier molecular flexibility index (Phi) is 7.79. The molecule has 0 saturated heterocycles. The molecule has 0 radical (unpaired) electrons. The van der Waals surface area contributed by atoms with Crippen molar-refractivity contribution in [1.82, 2.24) is 4.72 Å². The monoisotopic (exact) mass is 448 g/mol. The molecule has 2 rings (SSSR count). The number of sulfonamides is 1. The fraction of sp³-hybridized carbons (Fsp3) is 0.316. The van der Waals surface area contributed by atoms with E-state index < -0.39 is 40.1 Å². The minimum Gasteiger partial charge on any atom is -0.484 e. The Morgan fingerprint density at radius 2 is 1.77 bits per heavy atom. The molecule has 0 aliphatic rings. The van der Waals surface area contributed by atoms with Crippen LogP contribution in [0.25, 0.3) is 0 Å². The zero-order valence-corrected chi connectivity index (χ0v) is 16.7. The van der Waals surface area contributed by atoms with Gasteiger partial charge in [-0.2, -0.15) is 13.2 Å². The van der Waals surface area contributed by atoms with E-state index in [1.165, 1.54) is 24.3 Å². The molecule has 0 unspecified atom stereocenters. The van der Waals surface area contributed by atoms with Gasteiger partial charge in [-0.3, -0.25) is 4.79 Å². The predicted molar refractivity (Wildman–Crippen MR) is 102 cm³/mol. The number of halogens is 4. The lowest BCUT2D eigenvalue weighted by atomic mass is 10.2. The van der Waals surface area contributed by atoms with Crippen LogP contribution in [0.4, 0.5) is 23.2 Å². The van der Waals surface area contributed by atoms with Gasteiger partial charge in [0, 0.05) is 12.2 Å². The van der Waals surface area contributed by atoms with Crippen molar-refractivity contribution in [1.29, 1.82) is 0 Å². The Bertz CT molecular complexity index is 977. The second-order valence-electron chi connectivity index (χ2n) is 6.25. The van der Waals surface area contributed by atoms with E-state index in [1.54, 1.807) is 0 Å². The van der Waals surface area contributed by atoms with Gasteiger partial charge in [0.05, 0.1) is 10.5 Å². The summed E-state index contributed by atoms with van der Waals surface area (Å²) < 4.78 is 83.2. The Morgan fingerprint density at radius 1 is 1.10 bits per heavy atom. The van der Waals surface area contributed by atoms with E-state index in [9.17, 15) is 30.8 Å². The van der Waals surface area contributed by atoms with Gasteiger partial charge in [-0.1, -0.05) is 13.3 Å². The molecular weight excluding hydrogens is 428 g/mol. The van der Waals surface area contributed by atoms with Crippen LogP contribution in [-0.2, 0) is 21.0 Å². The normalized spacial score (nSPS) is 11.9. The highest BCUT2D eigenvalue weighted by molar-refractivity contribution is 7.89. The lowest BCUT2D eigenvalue weighted by Gasteiger charge is -2.12. The highest BCUT2D eigenvalue weighted by Crippen LogP contribution is 2.33. The Labute approximate surface area is 171 Å². The minimum absolute atomic E-state index is 0.0291. The summed E-state index contributed by atoms with van der Waals surface area (Å²) in [5, 5.41) is 2.18. The van der Waals surface area contributed by atoms with Gasteiger partial charge in [-0.05, 0) is 48.9 Å². The number of ether oxygens (including phenoxy) is 1. The standard InChI is InChI=1S/C19H20F4N2O4S/c1-2-3-10-24-30(27,28)15-7-5-14(6-8-15)29-12-18(26)25-13-4-9-17(20)16(11-13)19(21,22)23/h4-9,11,24H,2-3,10,12H2,1H3,(H,25,26). The van der Waals surface area contributed by atoms with E-state index in [2.05, 4.69) is 10.0 Å². The topological polar surface area (TPSA) is 84.5 Å².